The van der Waals surface area contributed by atoms with E-state index in [9.17, 15) is 4.39 Å². The van der Waals surface area contributed by atoms with E-state index in [0.717, 1.165) is 21.2 Å². The SMILES string of the molecule is Cc1cc(Br)cc(-n2c(=S)[nH]c3cc(F)c(Br)cc32)c1. The van der Waals surface area contributed by atoms with Gasteiger partial charge in [0.1, 0.15) is 5.82 Å². The van der Waals surface area contributed by atoms with Gasteiger partial charge in [0, 0.05) is 16.2 Å². The minimum atomic E-state index is -0.314. The van der Waals surface area contributed by atoms with Crippen molar-refractivity contribution in [3.63, 3.8) is 0 Å². The summed E-state index contributed by atoms with van der Waals surface area (Å²) < 4.78 is 17.4. The van der Waals surface area contributed by atoms with Crippen molar-refractivity contribution in [1.82, 2.24) is 9.55 Å². The molecule has 3 aromatic rings. The Hall–Kier alpha value is -0.980. The molecule has 0 unspecified atom stereocenters. The molecule has 2 nitrogen and oxygen atoms in total. The van der Waals surface area contributed by atoms with E-state index in [1.54, 1.807) is 6.07 Å². The Morgan fingerprint density at radius 3 is 2.60 bits per heavy atom. The number of nitrogens with one attached hydrogen (secondary N) is 1. The molecule has 2 aromatic carbocycles. The Morgan fingerprint density at radius 2 is 1.90 bits per heavy atom. The number of aromatic nitrogens is 2. The van der Waals surface area contributed by atoms with Crippen LogP contribution in [0.5, 0.6) is 0 Å². The summed E-state index contributed by atoms with van der Waals surface area (Å²) in [5, 5.41) is 0. The molecule has 3 rings (SSSR count). The maximum Gasteiger partial charge on any atom is 0.182 e. The van der Waals surface area contributed by atoms with Crippen LogP contribution in [0.2, 0.25) is 0 Å². The van der Waals surface area contributed by atoms with E-state index in [-0.39, 0.29) is 5.82 Å². The van der Waals surface area contributed by atoms with E-state index in [4.69, 9.17) is 12.2 Å². The zero-order valence-electron chi connectivity index (χ0n) is 10.4. The summed E-state index contributed by atoms with van der Waals surface area (Å²) in [7, 11) is 0. The molecule has 1 heterocycles. The highest BCUT2D eigenvalue weighted by Gasteiger charge is 2.11. The predicted octanol–water partition coefficient (Wildman–Crippen LogP) is 5.66. The summed E-state index contributed by atoms with van der Waals surface area (Å²) in [6, 6.07) is 9.21. The number of halogens is 3. The molecular formula is C14H9Br2FN2S. The second-order valence-corrected chi connectivity index (χ2v) is 6.69. The van der Waals surface area contributed by atoms with Gasteiger partial charge in [0.15, 0.2) is 4.77 Å². The third kappa shape index (κ3) is 2.36. The van der Waals surface area contributed by atoms with Crippen LogP contribution in [0.3, 0.4) is 0 Å². The number of hydrogen-bond acceptors (Lipinski definition) is 1. The van der Waals surface area contributed by atoms with E-state index in [1.807, 2.05) is 29.7 Å². The van der Waals surface area contributed by atoms with E-state index in [1.165, 1.54) is 6.07 Å². The van der Waals surface area contributed by atoms with E-state index < -0.39 is 0 Å². The first-order chi connectivity index (χ1) is 9.45. The lowest BCUT2D eigenvalue weighted by Crippen LogP contribution is -1.95. The number of nitrogens with zero attached hydrogens (tertiary/aromatic N) is 1. The Labute approximate surface area is 136 Å². The highest BCUT2D eigenvalue weighted by molar-refractivity contribution is 9.10. The van der Waals surface area contributed by atoms with Gasteiger partial charge in [-0.1, -0.05) is 15.9 Å². The van der Waals surface area contributed by atoms with Gasteiger partial charge in [-0.05, 0) is 64.9 Å². The summed E-state index contributed by atoms with van der Waals surface area (Å²) in [5.74, 6) is -0.314. The van der Waals surface area contributed by atoms with Crippen LogP contribution < -0.4 is 0 Å². The Bertz CT molecular complexity index is 862. The second-order valence-electron chi connectivity index (χ2n) is 4.54. The lowest BCUT2D eigenvalue weighted by atomic mass is 10.2. The van der Waals surface area contributed by atoms with Gasteiger partial charge in [0.25, 0.3) is 0 Å². The Balaban J connectivity index is 2.38. The van der Waals surface area contributed by atoms with Crippen LogP contribution in [0.1, 0.15) is 5.56 Å². The molecule has 0 spiro atoms. The minimum Gasteiger partial charge on any atom is -0.330 e. The molecule has 0 aliphatic heterocycles. The highest BCUT2D eigenvalue weighted by Crippen LogP contribution is 2.27. The van der Waals surface area contributed by atoms with Crippen LogP contribution in [-0.4, -0.2) is 9.55 Å². The summed E-state index contributed by atoms with van der Waals surface area (Å²) >= 11 is 12.1. The van der Waals surface area contributed by atoms with Gasteiger partial charge in [-0.15, -0.1) is 0 Å². The van der Waals surface area contributed by atoms with Crippen molar-refractivity contribution < 1.29 is 4.39 Å². The van der Waals surface area contributed by atoms with Gasteiger partial charge < -0.3 is 4.98 Å². The standard InChI is InChI=1S/C14H9Br2FN2S/c1-7-2-8(15)4-9(3-7)19-13-5-10(16)11(17)6-12(13)18-14(19)20/h2-6H,1H3,(H,18,20). The van der Waals surface area contributed by atoms with Crippen molar-refractivity contribution in [3.8, 4) is 5.69 Å². The largest absolute Gasteiger partial charge is 0.330 e. The molecule has 1 N–H and O–H groups in total. The predicted molar refractivity (Wildman–Crippen MR) is 88.6 cm³/mol. The van der Waals surface area contributed by atoms with Gasteiger partial charge in [-0.25, -0.2) is 4.39 Å². The molecule has 6 heteroatoms. The summed E-state index contributed by atoms with van der Waals surface area (Å²) in [5.41, 5.74) is 3.56. The number of rotatable bonds is 1. The number of aromatic amines is 1. The van der Waals surface area contributed by atoms with Crippen LogP contribution in [0, 0.1) is 17.5 Å². The zero-order valence-corrected chi connectivity index (χ0v) is 14.4. The molecule has 0 saturated heterocycles. The molecular weight excluding hydrogens is 407 g/mol. The number of imidazole rings is 1. The molecule has 0 aliphatic rings. The third-order valence-electron chi connectivity index (χ3n) is 3.01. The van der Waals surface area contributed by atoms with Crippen molar-refractivity contribution in [2.24, 2.45) is 0 Å². The fourth-order valence-corrected chi connectivity index (χ4v) is 3.45. The smallest absolute Gasteiger partial charge is 0.182 e. The van der Waals surface area contributed by atoms with Crippen LogP contribution in [-0.2, 0) is 0 Å². The Kier molecular flexibility index (Phi) is 3.56. The zero-order chi connectivity index (χ0) is 14.4. The third-order valence-corrected chi connectivity index (χ3v) is 4.36. The number of H-pyrrole nitrogens is 1. The van der Waals surface area contributed by atoms with Crippen molar-refractivity contribution >= 4 is 55.1 Å². The molecule has 1 aromatic heterocycles. The number of benzene rings is 2. The normalized spacial score (nSPS) is 11.2. The van der Waals surface area contributed by atoms with Gasteiger partial charge in [-0.2, -0.15) is 0 Å². The Morgan fingerprint density at radius 1 is 1.15 bits per heavy atom. The maximum absolute atomic E-state index is 13.6. The monoisotopic (exact) mass is 414 g/mol. The van der Waals surface area contributed by atoms with Crippen LogP contribution in [0.4, 0.5) is 4.39 Å². The maximum atomic E-state index is 13.6. The summed E-state index contributed by atoms with van der Waals surface area (Å²) in [6.07, 6.45) is 0. The van der Waals surface area contributed by atoms with Crippen LogP contribution >= 0.6 is 44.1 Å². The molecule has 0 atom stereocenters. The molecule has 102 valence electrons. The average molecular weight is 416 g/mol. The first-order valence-electron chi connectivity index (χ1n) is 5.83. The van der Waals surface area contributed by atoms with E-state index in [2.05, 4.69) is 36.8 Å². The van der Waals surface area contributed by atoms with Crippen molar-refractivity contribution in [2.75, 3.05) is 0 Å². The minimum absolute atomic E-state index is 0.314. The first kappa shape index (κ1) is 14.0. The van der Waals surface area contributed by atoms with Gasteiger partial charge >= 0.3 is 0 Å². The molecule has 0 bridgehead atoms. The molecule has 0 radical (unpaired) electrons. The van der Waals surface area contributed by atoms with Crippen molar-refractivity contribution in [1.29, 1.82) is 0 Å². The summed E-state index contributed by atoms with van der Waals surface area (Å²) in [6.45, 7) is 2.02. The summed E-state index contributed by atoms with van der Waals surface area (Å²) in [4.78, 5) is 3.03. The molecule has 0 aliphatic carbocycles. The van der Waals surface area contributed by atoms with E-state index in [0.29, 0.717) is 14.8 Å². The fourth-order valence-electron chi connectivity index (χ4n) is 2.20. The lowest BCUT2D eigenvalue weighted by Gasteiger charge is -2.07. The van der Waals surface area contributed by atoms with Crippen LogP contribution in [0.15, 0.2) is 39.3 Å². The lowest BCUT2D eigenvalue weighted by molar-refractivity contribution is 0.623. The average Bonchev–Trinajstić information content (AvgIpc) is 2.64. The van der Waals surface area contributed by atoms with Gasteiger partial charge in [0.05, 0.1) is 15.5 Å². The number of hydrogen-bond donors (Lipinski definition) is 1. The van der Waals surface area contributed by atoms with Gasteiger partial charge in [0.2, 0.25) is 0 Å². The van der Waals surface area contributed by atoms with Crippen LogP contribution in [0.25, 0.3) is 16.7 Å². The van der Waals surface area contributed by atoms with Crippen molar-refractivity contribution in [2.45, 2.75) is 6.92 Å². The number of fused-ring (bicyclic) bond motifs is 1. The number of aryl methyl sites for hydroxylation is 1. The first-order valence-corrected chi connectivity index (χ1v) is 7.82. The quantitative estimate of drug-likeness (QED) is 0.508. The molecule has 0 amide bonds. The highest BCUT2D eigenvalue weighted by atomic mass is 79.9. The molecule has 0 saturated carbocycles. The van der Waals surface area contributed by atoms with E-state index >= 15 is 0 Å². The molecule has 0 fully saturated rings. The van der Waals surface area contributed by atoms with Crippen molar-refractivity contribution in [3.05, 3.63) is 55.4 Å². The van der Waals surface area contributed by atoms with Gasteiger partial charge in [-0.3, -0.25) is 4.57 Å². The topological polar surface area (TPSA) is 20.7 Å². The second kappa shape index (κ2) is 5.09. The fraction of sp³-hybridized carbons (Fsp3) is 0.0714. The molecule has 20 heavy (non-hydrogen) atoms.